The van der Waals surface area contributed by atoms with Crippen molar-refractivity contribution in [3.8, 4) is 16.9 Å². The molecule has 0 saturated carbocycles. The largest absolute Gasteiger partial charge is 0.488 e. The second-order valence-electron chi connectivity index (χ2n) is 6.12. The Bertz CT molecular complexity index is 947. The molecule has 0 aliphatic rings. The number of alkyl halides is 3. The molecule has 3 aromatic carbocycles. The topological polar surface area (TPSA) is 26.3 Å². The zero-order valence-electron chi connectivity index (χ0n) is 14.6. The molecule has 0 aromatic heterocycles. The van der Waals surface area contributed by atoms with Gasteiger partial charge in [-0.1, -0.05) is 48.5 Å². The van der Waals surface area contributed by atoms with Crippen molar-refractivity contribution < 1.29 is 22.7 Å². The monoisotopic (exact) mass is 370 g/mol. The van der Waals surface area contributed by atoms with Crippen molar-refractivity contribution >= 4 is 5.78 Å². The Hall–Kier alpha value is -3.08. The minimum Gasteiger partial charge on any atom is -0.488 e. The maximum absolute atomic E-state index is 13.3. The van der Waals surface area contributed by atoms with Gasteiger partial charge in [-0.05, 0) is 47.9 Å². The summed E-state index contributed by atoms with van der Waals surface area (Å²) in [6, 6.07) is 20.5. The van der Waals surface area contributed by atoms with Crippen LogP contribution in [0.2, 0.25) is 0 Å². The van der Waals surface area contributed by atoms with Gasteiger partial charge in [0.05, 0.1) is 5.56 Å². The second kappa shape index (κ2) is 7.66. The number of Topliss-reactive ketones (excluding diaryl/α,β-unsaturated/α-hetero) is 1. The summed E-state index contributed by atoms with van der Waals surface area (Å²) in [6.45, 7) is 1.22. The standard InChI is InChI=1S/C22H17F3O2/c1-15(26)18-10-11-21(20(13-18)22(23,24)25)27-14-16-6-5-9-19(12-16)17-7-3-2-4-8-17/h2-13H,14H2,1H3. The minimum absolute atomic E-state index is 0.000694. The van der Waals surface area contributed by atoms with E-state index in [0.29, 0.717) is 0 Å². The quantitative estimate of drug-likeness (QED) is 0.503. The third-order valence-electron chi connectivity index (χ3n) is 4.12. The summed E-state index contributed by atoms with van der Waals surface area (Å²) in [5, 5.41) is 0. The van der Waals surface area contributed by atoms with Crippen LogP contribution in [0.15, 0.2) is 72.8 Å². The number of benzene rings is 3. The summed E-state index contributed by atoms with van der Waals surface area (Å²) in [5.41, 5.74) is 1.77. The van der Waals surface area contributed by atoms with Crippen LogP contribution in [0, 0.1) is 0 Å². The molecule has 0 atom stereocenters. The van der Waals surface area contributed by atoms with E-state index in [2.05, 4.69) is 0 Å². The van der Waals surface area contributed by atoms with E-state index < -0.39 is 17.5 Å². The summed E-state index contributed by atoms with van der Waals surface area (Å²) < 4.78 is 45.4. The summed E-state index contributed by atoms with van der Waals surface area (Å²) in [4.78, 5) is 11.4. The number of hydrogen-bond acceptors (Lipinski definition) is 2. The molecule has 0 fully saturated rings. The van der Waals surface area contributed by atoms with Crippen LogP contribution in [0.25, 0.3) is 11.1 Å². The first-order valence-electron chi connectivity index (χ1n) is 8.34. The zero-order chi connectivity index (χ0) is 19.4. The van der Waals surface area contributed by atoms with E-state index >= 15 is 0 Å². The van der Waals surface area contributed by atoms with Crippen LogP contribution in [0.1, 0.15) is 28.4 Å². The van der Waals surface area contributed by atoms with E-state index in [1.54, 1.807) is 6.07 Å². The maximum Gasteiger partial charge on any atom is 0.419 e. The molecule has 0 aliphatic heterocycles. The molecular formula is C22H17F3O2. The molecule has 0 radical (unpaired) electrons. The summed E-state index contributed by atoms with van der Waals surface area (Å²) in [6.07, 6.45) is -4.60. The van der Waals surface area contributed by atoms with Gasteiger partial charge in [0.25, 0.3) is 0 Å². The molecule has 0 bridgehead atoms. The van der Waals surface area contributed by atoms with E-state index in [1.807, 2.05) is 48.5 Å². The molecule has 2 nitrogen and oxygen atoms in total. The molecule has 138 valence electrons. The lowest BCUT2D eigenvalue weighted by molar-refractivity contribution is -0.139. The van der Waals surface area contributed by atoms with Crippen molar-refractivity contribution in [2.24, 2.45) is 0 Å². The van der Waals surface area contributed by atoms with Crippen LogP contribution >= 0.6 is 0 Å². The Morgan fingerprint density at radius 2 is 1.59 bits per heavy atom. The normalized spacial score (nSPS) is 11.3. The summed E-state index contributed by atoms with van der Waals surface area (Å²) >= 11 is 0. The first kappa shape index (κ1) is 18.7. The van der Waals surface area contributed by atoms with Crippen molar-refractivity contribution in [3.63, 3.8) is 0 Å². The fourth-order valence-corrected chi connectivity index (χ4v) is 2.73. The van der Waals surface area contributed by atoms with E-state index in [-0.39, 0.29) is 17.9 Å². The zero-order valence-corrected chi connectivity index (χ0v) is 14.6. The smallest absolute Gasteiger partial charge is 0.419 e. The van der Waals surface area contributed by atoms with Crippen molar-refractivity contribution in [2.45, 2.75) is 19.7 Å². The number of hydrogen-bond donors (Lipinski definition) is 0. The number of carbonyl (C=O) groups excluding carboxylic acids is 1. The summed E-state index contributed by atoms with van der Waals surface area (Å²) in [7, 11) is 0. The van der Waals surface area contributed by atoms with E-state index in [4.69, 9.17) is 4.74 Å². The van der Waals surface area contributed by atoms with Crippen molar-refractivity contribution in [3.05, 3.63) is 89.5 Å². The van der Waals surface area contributed by atoms with Gasteiger partial charge in [0.15, 0.2) is 5.78 Å². The minimum atomic E-state index is -4.60. The van der Waals surface area contributed by atoms with Gasteiger partial charge in [0.2, 0.25) is 0 Å². The Balaban J connectivity index is 1.84. The van der Waals surface area contributed by atoms with E-state index in [9.17, 15) is 18.0 Å². The molecule has 0 saturated heterocycles. The molecule has 0 spiro atoms. The highest BCUT2D eigenvalue weighted by Crippen LogP contribution is 2.37. The van der Waals surface area contributed by atoms with Crippen LogP contribution in [-0.2, 0) is 12.8 Å². The van der Waals surface area contributed by atoms with Crippen LogP contribution in [-0.4, -0.2) is 5.78 Å². The fraction of sp³-hybridized carbons (Fsp3) is 0.136. The molecule has 3 rings (SSSR count). The van der Waals surface area contributed by atoms with Gasteiger partial charge in [0, 0.05) is 5.56 Å². The Kier molecular flexibility index (Phi) is 5.31. The van der Waals surface area contributed by atoms with Crippen LogP contribution in [0.5, 0.6) is 5.75 Å². The fourth-order valence-electron chi connectivity index (χ4n) is 2.73. The molecule has 5 heteroatoms. The Labute approximate surface area is 155 Å². The Morgan fingerprint density at radius 3 is 2.26 bits per heavy atom. The first-order valence-corrected chi connectivity index (χ1v) is 8.34. The maximum atomic E-state index is 13.3. The average Bonchev–Trinajstić information content (AvgIpc) is 2.66. The Morgan fingerprint density at radius 1 is 0.889 bits per heavy atom. The van der Waals surface area contributed by atoms with Gasteiger partial charge < -0.3 is 4.74 Å². The third kappa shape index (κ3) is 4.56. The number of ether oxygens (including phenoxy) is 1. The van der Waals surface area contributed by atoms with Crippen LogP contribution < -0.4 is 4.74 Å². The highest BCUT2D eigenvalue weighted by molar-refractivity contribution is 5.94. The molecule has 27 heavy (non-hydrogen) atoms. The average molecular weight is 370 g/mol. The second-order valence-corrected chi connectivity index (χ2v) is 6.12. The van der Waals surface area contributed by atoms with Crippen molar-refractivity contribution in [2.75, 3.05) is 0 Å². The SMILES string of the molecule is CC(=O)c1ccc(OCc2cccc(-c3ccccc3)c2)c(C(F)(F)F)c1. The van der Waals surface area contributed by atoms with Gasteiger partial charge in [-0.25, -0.2) is 0 Å². The van der Waals surface area contributed by atoms with Gasteiger partial charge in [-0.3, -0.25) is 4.79 Å². The third-order valence-corrected chi connectivity index (χ3v) is 4.12. The summed E-state index contributed by atoms with van der Waals surface area (Å²) in [5.74, 6) is -0.722. The number of carbonyl (C=O) groups is 1. The lowest BCUT2D eigenvalue weighted by atomic mass is 10.0. The van der Waals surface area contributed by atoms with Gasteiger partial charge in [-0.15, -0.1) is 0 Å². The molecular weight excluding hydrogens is 353 g/mol. The van der Waals surface area contributed by atoms with Crippen LogP contribution in [0.3, 0.4) is 0 Å². The van der Waals surface area contributed by atoms with Gasteiger partial charge in [0.1, 0.15) is 12.4 Å². The lowest BCUT2D eigenvalue weighted by Crippen LogP contribution is -2.10. The predicted molar refractivity (Wildman–Crippen MR) is 97.7 cm³/mol. The van der Waals surface area contributed by atoms with Crippen LogP contribution in [0.4, 0.5) is 13.2 Å². The van der Waals surface area contributed by atoms with Crippen molar-refractivity contribution in [1.29, 1.82) is 0 Å². The molecule has 0 aliphatic carbocycles. The highest BCUT2D eigenvalue weighted by Gasteiger charge is 2.35. The molecule has 0 N–H and O–H groups in total. The molecule has 0 heterocycles. The van der Waals surface area contributed by atoms with E-state index in [1.165, 1.54) is 19.1 Å². The van der Waals surface area contributed by atoms with Gasteiger partial charge in [-0.2, -0.15) is 13.2 Å². The highest BCUT2D eigenvalue weighted by atomic mass is 19.4. The van der Waals surface area contributed by atoms with E-state index in [0.717, 1.165) is 22.8 Å². The molecule has 0 unspecified atom stereocenters. The first-order chi connectivity index (χ1) is 12.8. The van der Waals surface area contributed by atoms with Gasteiger partial charge >= 0.3 is 6.18 Å². The molecule has 3 aromatic rings. The number of halogens is 3. The lowest BCUT2D eigenvalue weighted by Gasteiger charge is -2.15. The van der Waals surface area contributed by atoms with Crippen molar-refractivity contribution in [1.82, 2.24) is 0 Å². The predicted octanol–water partition coefficient (Wildman–Crippen LogP) is 6.15. The number of ketones is 1. The number of rotatable bonds is 5. The molecule has 0 amide bonds.